The largest absolute Gasteiger partial charge is 0.492 e. The molecule has 3 aromatic rings. The molecule has 0 aliphatic carbocycles. The van der Waals surface area contributed by atoms with Gasteiger partial charge >= 0.3 is 6.09 Å². The van der Waals surface area contributed by atoms with Crippen LogP contribution in [0.15, 0.2) is 76.8 Å². The van der Waals surface area contributed by atoms with E-state index in [1.165, 1.54) is 28.2 Å². The first-order valence-electron chi connectivity index (χ1n) is 13.8. The summed E-state index contributed by atoms with van der Waals surface area (Å²) < 4.78 is 20.0. The van der Waals surface area contributed by atoms with Gasteiger partial charge in [0.2, 0.25) is 5.91 Å². The van der Waals surface area contributed by atoms with Gasteiger partial charge in [-0.2, -0.15) is 0 Å². The normalized spacial score (nSPS) is 18.3. The summed E-state index contributed by atoms with van der Waals surface area (Å²) in [5.74, 6) is -0.134. The third-order valence-corrected chi connectivity index (χ3v) is 8.45. The summed E-state index contributed by atoms with van der Waals surface area (Å²) in [7, 11) is 0. The molecular weight excluding hydrogens is 589 g/mol. The van der Waals surface area contributed by atoms with E-state index in [-0.39, 0.29) is 17.8 Å². The summed E-state index contributed by atoms with van der Waals surface area (Å²) in [6.07, 6.45) is 0.757. The molecule has 2 heterocycles. The van der Waals surface area contributed by atoms with Gasteiger partial charge in [-0.15, -0.1) is 0 Å². The summed E-state index contributed by atoms with van der Waals surface area (Å²) in [4.78, 5) is 27.3. The fourth-order valence-electron chi connectivity index (χ4n) is 5.68. The number of hydrogen-bond donors (Lipinski definition) is 3. The molecule has 0 aromatic heterocycles. The molecule has 2 aliphatic heterocycles. The Morgan fingerprint density at radius 3 is 2.63 bits per heavy atom. The van der Waals surface area contributed by atoms with Gasteiger partial charge in [-0.05, 0) is 75.7 Å². The van der Waals surface area contributed by atoms with Crippen molar-refractivity contribution in [1.82, 2.24) is 15.5 Å². The van der Waals surface area contributed by atoms with E-state index in [1.54, 1.807) is 6.07 Å². The molecule has 214 valence electrons. The van der Waals surface area contributed by atoms with E-state index in [4.69, 9.17) is 4.74 Å². The third-order valence-electron chi connectivity index (χ3n) is 7.80. The van der Waals surface area contributed by atoms with Crippen molar-refractivity contribution in [3.63, 3.8) is 0 Å². The predicted octanol–water partition coefficient (Wildman–Crippen LogP) is 5.35. The number of nitrogens with zero attached hydrogens (tertiary/aromatic N) is 1. The van der Waals surface area contributed by atoms with E-state index in [0.717, 1.165) is 16.7 Å². The number of hydrogen-bond acceptors (Lipinski definition) is 4. The summed E-state index contributed by atoms with van der Waals surface area (Å²) >= 11 is 3.38. The van der Waals surface area contributed by atoms with Gasteiger partial charge in [0.25, 0.3) is 0 Å². The predicted molar refractivity (Wildman–Crippen MR) is 159 cm³/mol. The minimum Gasteiger partial charge on any atom is -0.492 e. The van der Waals surface area contributed by atoms with Gasteiger partial charge in [-0.1, -0.05) is 48.5 Å². The lowest BCUT2D eigenvalue weighted by Gasteiger charge is -2.46. The number of nitrogens with one attached hydrogen (secondary N) is 2. The van der Waals surface area contributed by atoms with Crippen LogP contribution in [0.2, 0.25) is 0 Å². The van der Waals surface area contributed by atoms with Gasteiger partial charge in [-0.3, -0.25) is 9.69 Å². The van der Waals surface area contributed by atoms with Crippen LogP contribution < -0.4 is 15.4 Å². The zero-order valence-corrected chi connectivity index (χ0v) is 24.4. The summed E-state index contributed by atoms with van der Waals surface area (Å²) in [6, 6.07) is 19.6. The van der Waals surface area contributed by atoms with E-state index >= 15 is 0 Å². The van der Waals surface area contributed by atoms with Gasteiger partial charge in [0.1, 0.15) is 11.6 Å². The van der Waals surface area contributed by atoms with Crippen LogP contribution >= 0.6 is 15.9 Å². The molecule has 0 spiro atoms. The number of rotatable bonds is 9. The molecule has 7 nitrogen and oxygen atoms in total. The van der Waals surface area contributed by atoms with Crippen molar-refractivity contribution in [2.75, 3.05) is 26.2 Å². The van der Waals surface area contributed by atoms with Crippen molar-refractivity contribution in [1.29, 1.82) is 0 Å². The number of fused-ring (bicyclic) bond motifs is 2. The number of halogens is 2. The SMILES string of the molecule is Cc1ccccc1CCNC(=O)C1=C(c2ccc(CCOc3cc(F)ccc3Br)cc2)CC2CNCC1N2C(=O)O. The topological polar surface area (TPSA) is 90.9 Å². The molecule has 41 heavy (non-hydrogen) atoms. The molecule has 9 heteroatoms. The van der Waals surface area contributed by atoms with Crippen molar-refractivity contribution >= 4 is 33.5 Å². The Morgan fingerprint density at radius 1 is 1.10 bits per heavy atom. The quantitative estimate of drug-likeness (QED) is 0.299. The smallest absolute Gasteiger partial charge is 0.408 e. The van der Waals surface area contributed by atoms with Gasteiger partial charge in [0.15, 0.2) is 0 Å². The van der Waals surface area contributed by atoms with Crippen molar-refractivity contribution in [2.24, 2.45) is 0 Å². The van der Waals surface area contributed by atoms with E-state index in [1.807, 2.05) is 49.4 Å². The maximum atomic E-state index is 13.7. The first-order valence-corrected chi connectivity index (χ1v) is 14.6. The number of carbonyl (C=O) groups excluding carboxylic acids is 1. The van der Waals surface area contributed by atoms with E-state index in [9.17, 15) is 19.1 Å². The first-order chi connectivity index (χ1) is 19.8. The Bertz CT molecular complexity index is 1460. The molecule has 1 fully saturated rings. The Kier molecular flexibility index (Phi) is 9.05. The number of amides is 2. The van der Waals surface area contributed by atoms with Crippen LogP contribution in [0.3, 0.4) is 0 Å². The molecule has 3 aromatic carbocycles. The Hall–Kier alpha value is -3.69. The van der Waals surface area contributed by atoms with Crippen molar-refractivity contribution < 1.29 is 23.8 Å². The van der Waals surface area contributed by atoms with Crippen LogP contribution in [0.4, 0.5) is 9.18 Å². The molecule has 0 saturated carbocycles. The third kappa shape index (κ3) is 6.63. The lowest BCUT2D eigenvalue weighted by atomic mass is 9.82. The van der Waals surface area contributed by atoms with E-state index < -0.39 is 12.1 Å². The highest BCUT2D eigenvalue weighted by atomic mass is 79.9. The molecule has 1 saturated heterocycles. The molecular formula is C32H33BrFN3O4. The lowest BCUT2D eigenvalue weighted by Crippen LogP contribution is -2.63. The zero-order chi connectivity index (χ0) is 28.9. The number of aryl methyl sites for hydroxylation is 1. The maximum Gasteiger partial charge on any atom is 0.408 e. The van der Waals surface area contributed by atoms with E-state index in [0.29, 0.717) is 61.3 Å². The molecule has 2 atom stereocenters. The molecule has 2 unspecified atom stereocenters. The maximum absolute atomic E-state index is 13.7. The van der Waals surface area contributed by atoms with Crippen molar-refractivity contribution in [3.05, 3.63) is 105 Å². The highest BCUT2D eigenvalue weighted by Crippen LogP contribution is 2.37. The van der Waals surface area contributed by atoms with E-state index in [2.05, 4.69) is 32.6 Å². The van der Waals surface area contributed by atoms with Crippen LogP contribution in [0, 0.1) is 12.7 Å². The van der Waals surface area contributed by atoms with Crippen molar-refractivity contribution in [3.8, 4) is 5.75 Å². The molecule has 2 aliphatic rings. The summed E-state index contributed by atoms with van der Waals surface area (Å²) in [6.45, 7) is 3.81. The Labute approximate surface area is 247 Å². The minimum atomic E-state index is -1.01. The van der Waals surface area contributed by atoms with Gasteiger partial charge in [-0.25, -0.2) is 9.18 Å². The molecule has 2 bridgehead atoms. The fourth-order valence-corrected chi connectivity index (χ4v) is 6.04. The summed E-state index contributed by atoms with van der Waals surface area (Å²) in [5.41, 5.74) is 5.68. The summed E-state index contributed by atoms with van der Waals surface area (Å²) in [5, 5.41) is 16.4. The standard InChI is InChI=1S/C32H33BrFN3O4/c1-20-4-2-3-5-22(20)12-14-36-31(38)30-26(17-25-18-35-19-28(30)37(25)32(39)40)23-8-6-21(7-9-23)13-15-41-29-16-24(34)10-11-27(29)33/h2-11,16,25,28,35H,12-15,17-19H2,1H3,(H,36,38)(H,39,40). The number of carboxylic acid groups (broad SMARTS) is 1. The molecule has 3 N–H and O–H groups in total. The lowest BCUT2D eigenvalue weighted by molar-refractivity contribution is -0.118. The average Bonchev–Trinajstić information content (AvgIpc) is 2.95. The van der Waals surface area contributed by atoms with Crippen molar-refractivity contribution in [2.45, 2.75) is 38.3 Å². The number of carbonyl (C=O) groups is 2. The minimum absolute atomic E-state index is 0.231. The molecule has 5 rings (SSSR count). The average molecular weight is 623 g/mol. The Morgan fingerprint density at radius 2 is 1.88 bits per heavy atom. The van der Waals surface area contributed by atoms with Gasteiger partial charge < -0.3 is 20.5 Å². The van der Waals surface area contributed by atoms with Gasteiger partial charge in [0, 0.05) is 37.7 Å². The zero-order valence-electron chi connectivity index (χ0n) is 22.8. The monoisotopic (exact) mass is 621 g/mol. The molecule has 2 amide bonds. The fraction of sp³-hybridized carbons (Fsp3) is 0.312. The van der Waals surface area contributed by atoms with Crippen LogP contribution in [0.25, 0.3) is 5.57 Å². The van der Waals surface area contributed by atoms with Crippen LogP contribution in [-0.2, 0) is 17.6 Å². The van der Waals surface area contributed by atoms with Crippen LogP contribution in [0.5, 0.6) is 5.75 Å². The number of benzene rings is 3. The second kappa shape index (κ2) is 12.9. The molecule has 0 radical (unpaired) electrons. The number of ether oxygens (including phenoxy) is 1. The second-order valence-corrected chi connectivity index (χ2v) is 11.3. The van der Waals surface area contributed by atoms with Gasteiger partial charge in [0.05, 0.1) is 23.2 Å². The Balaban J connectivity index is 1.34. The van der Waals surface area contributed by atoms with Crippen LogP contribution in [0.1, 0.15) is 28.7 Å². The highest BCUT2D eigenvalue weighted by molar-refractivity contribution is 9.10. The first kappa shape index (κ1) is 28.8. The highest BCUT2D eigenvalue weighted by Gasteiger charge is 2.44. The second-order valence-electron chi connectivity index (χ2n) is 10.4. The van der Waals surface area contributed by atoms with Crippen LogP contribution in [-0.4, -0.2) is 60.3 Å². The number of piperazine rings is 1.